The Morgan fingerprint density at radius 3 is 2.63 bits per heavy atom. The third kappa shape index (κ3) is 4.36. The summed E-state index contributed by atoms with van der Waals surface area (Å²) >= 11 is 1.72. The molecule has 0 fully saturated rings. The van der Waals surface area contributed by atoms with Gasteiger partial charge < -0.3 is 9.84 Å². The maximum atomic E-state index is 5.08. The van der Waals surface area contributed by atoms with Crippen LogP contribution >= 0.6 is 11.8 Å². The zero-order valence-electron chi connectivity index (χ0n) is 11.3. The van der Waals surface area contributed by atoms with E-state index in [0.29, 0.717) is 5.89 Å². The van der Waals surface area contributed by atoms with E-state index in [0.717, 1.165) is 31.1 Å². The molecule has 1 N–H and O–H groups in total. The molecule has 2 aromatic rings. The summed E-state index contributed by atoms with van der Waals surface area (Å²) in [5.41, 5.74) is 1.30. The highest BCUT2D eigenvalue weighted by Crippen LogP contribution is 2.22. The first-order chi connectivity index (χ1) is 9.31. The fraction of sp³-hybridized carbons (Fsp3) is 0.429. The molecule has 5 heteroatoms. The molecule has 0 aliphatic rings. The third-order valence-corrected chi connectivity index (χ3v) is 3.69. The van der Waals surface area contributed by atoms with Gasteiger partial charge in [0.1, 0.15) is 0 Å². The molecule has 0 spiro atoms. The van der Waals surface area contributed by atoms with Crippen molar-refractivity contribution in [2.75, 3.05) is 6.54 Å². The zero-order chi connectivity index (χ0) is 13.5. The van der Waals surface area contributed by atoms with Crippen molar-refractivity contribution in [1.82, 2.24) is 15.5 Å². The van der Waals surface area contributed by atoms with Crippen molar-refractivity contribution in [3.05, 3.63) is 41.5 Å². The third-order valence-electron chi connectivity index (χ3n) is 2.68. The van der Waals surface area contributed by atoms with Crippen LogP contribution < -0.4 is 5.32 Å². The van der Waals surface area contributed by atoms with Gasteiger partial charge >= 0.3 is 0 Å². The molecular weight excluding hydrogens is 258 g/mol. The molecule has 0 saturated carbocycles. The Balaban J connectivity index is 1.85. The Morgan fingerprint density at radius 2 is 2.00 bits per heavy atom. The molecule has 1 aromatic heterocycles. The second-order valence-corrected chi connectivity index (χ2v) is 5.22. The van der Waals surface area contributed by atoms with Crippen molar-refractivity contribution < 1.29 is 4.52 Å². The summed E-state index contributed by atoms with van der Waals surface area (Å²) in [5, 5.41) is 7.26. The maximum Gasteiger partial charge on any atom is 0.226 e. The largest absolute Gasteiger partial charge is 0.339 e. The molecule has 4 nitrogen and oxygen atoms in total. The molecule has 0 unspecified atom stereocenters. The van der Waals surface area contributed by atoms with Gasteiger partial charge in [0.05, 0.1) is 5.75 Å². The number of hydrogen-bond acceptors (Lipinski definition) is 5. The predicted octanol–water partition coefficient (Wildman–Crippen LogP) is 3.03. The van der Waals surface area contributed by atoms with Crippen LogP contribution in [0, 0.1) is 0 Å². The molecule has 1 heterocycles. The van der Waals surface area contributed by atoms with E-state index in [-0.39, 0.29) is 0 Å². The summed E-state index contributed by atoms with van der Waals surface area (Å²) in [4.78, 5) is 5.52. The summed E-state index contributed by atoms with van der Waals surface area (Å²) in [6, 6.07) is 8.58. The van der Waals surface area contributed by atoms with Gasteiger partial charge in [0.15, 0.2) is 5.82 Å². The average Bonchev–Trinajstić information content (AvgIpc) is 2.92. The van der Waals surface area contributed by atoms with Crippen molar-refractivity contribution in [1.29, 1.82) is 0 Å². The fourth-order valence-corrected chi connectivity index (χ4v) is 2.35. The summed E-state index contributed by atoms with van der Waals surface area (Å²) in [6.45, 7) is 6.04. The lowest BCUT2D eigenvalue weighted by Gasteiger charge is -2.03. The number of nitrogens with zero attached hydrogens (tertiary/aromatic N) is 2. The predicted molar refractivity (Wildman–Crippen MR) is 77.1 cm³/mol. The van der Waals surface area contributed by atoms with Crippen molar-refractivity contribution in [3.63, 3.8) is 0 Å². The molecule has 19 heavy (non-hydrogen) atoms. The van der Waals surface area contributed by atoms with Crippen LogP contribution in [0.5, 0.6) is 0 Å². The summed E-state index contributed by atoms with van der Waals surface area (Å²) in [5.74, 6) is 2.21. The second-order valence-electron chi connectivity index (χ2n) is 4.17. The Hall–Kier alpha value is -1.33. The summed E-state index contributed by atoms with van der Waals surface area (Å²) < 4.78 is 5.08. The van der Waals surface area contributed by atoms with E-state index in [1.807, 2.05) is 6.92 Å². The number of thioether (sulfide) groups is 1. The minimum absolute atomic E-state index is 0.705. The van der Waals surface area contributed by atoms with Crippen LogP contribution in [0.4, 0.5) is 0 Å². The van der Waals surface area contributed by atoms with Gasteiger partial charge in [0.25, 0.3) is 0 Å². The van der Waals surface area contributed by atoms with E-state index in [2.05, 4.69) is 46.6 Å². The molecule has 0 radical (unpaired) electrons. The smallest absolute Gasteiger partial charge is 0.226 e. The lowest BCUT2D eigenvalue weighted by molar-refractivity contribution is 0.378. The molecule has 0 saturated heterocycles. The van der Waals surface area contributed by atoms with E-state index < -0.39 is 0 Å². The van der Waals surface area contributed by atoms with Gasteiger partial charge in [-0.1, -0.05) is 31.1 Å². The lowest BCUT2D eigenvalue weighted by atomic mass is 10.2. The maximum absolute atomic E-state index is 5.08. The van der Waals surface area contributed by atoms with Gasteiger partial charge in [-0.3, -0.25) is 0 Å². The summed E-state index contributed by atoms with van der Waals surface area (Å²) in [6.07, 6.45) is 0.788. The van der Waals surface area contributed by atoms with Gasteiger partial charge in [-0.15, -0.1) is 11.8 Å². The number of nitrogens with one attached hydrogen (secondary N) is 1. The monoisotopic (exact) mass is 277 g/mol. The highest BCUT2D eigenvalue weighted by atomic mass is 32.2. The SMILES string of the molecule is CCNCc1ccc(SCc2noc(CC)n2)cc1. The minimum Gasteiger partial charge on any atom is -0.339 e. The number of aromatic nitrogens is 2. The standard InChI is InChI=1S/C14H19N3OS/c1-3-14-16-13(17-18-14)10-19-12-7-5-11(6-8-12)9-15-4-2/h5-8,15H,3-4,9-10H2,1-2H3. The van der Waals surface area contributed by atoms with Gasteiger partial charge in [-0.05, 0) is 24.2 Å². The first kappa shape index (κ1) is 14.1. The number of rotatable bonds is 7. The Bertz CT molecular complexity index is 496. The van der Waals surface area contributed by atoms with Crippen molar-refractivity contribution >= 4 is 11.8 Å². The van der Waals surface area contributed by atoms with Gasteiger partial charge in [0, 0.05) is 17.9 Å². The van der Waals surface area contributed by atoms with E-state index in [9.17, 15) is 0 Å². The Kier molecular flexibility index (Phi) is 5.42. The summed E-state index contributed by atoms with van der Waals surface area (Å²) in [7, 11) is 0. The van der Waals surface area contributed by atoms with Crippen LogP contribution in [0.1, 0.15) is 31.1 Å². The molecule has 0 atom stereocenters. The number of benzene rings is 1. The van der Waals surface area contributed by atoms with E-state index >= 15 is 0 Å². The van der Waals surface area contributed by atoms with Crippen LogP contribution in [0.3, 0.4) is 0 Å². The van der Waals surface area contributed by atoms with Crippen LogP contribution in [0.25, 0.3) is 0 Å². The molecule has 2 rings (SSSR count). The first-order valence-electron chi connectivity index (χ1n) is 6.55. The van der Waals surface area contributed by atoms with Gasteiger partial charge in [0.2, 0.25) is 5.89 Å². The van der Waals surface area contributed by atoms with Crippen molar-refractivity contribution in [3.8, 4) is 0 Å². The quantitative estimate of drug-likeness (QED) is 0.788. The molecule has 0 bridgehead atoms. The normalized spacial score (nSPS) is 10.8. The van der Waals surface area contributed by atoms with Crippen LogP contribution in [-0.4, -0.2) is 16.7 Å². The fourth-order valence-electron chi connectivity index (χ4n) is 1.61. The average molecular weight is 277 g/mol. The Labute approximate surface area is 118 Å². The molecule has 0 aliphatic carbocycles. The molecule has 102 valence electrons. The molecule has 1 aromatic carbocycles. The van der Waals surface area contributed by atoms with E-state index in [4.69, 9.17) is 4.52 Å². The lowest BCUT2D eigenvalue weighted by Crippen LogP contribution is -2.11. The number of hydrogen-bond donors (Lipinski definition) is 1. The van der Waals surface area contributed by atoms with Crippen molar-refractivity contribution in [2.45, 2.75) is 37.5 Å². The van der Waals surface area contributed by atoms with E-state index in [1.54, 1.807) is 11.8 Å². The van der Waals surface area contributed by atoms with Crippen LogP contribution in [0.2, 0.25) is 0 Å². The Morgan fingerprint density at radius 1 is 1.21 bits per heavy atom. The van der Waals surface area contributed by atoms with Gasteiger partial charge in [-0.2, -0.15) is 4.98 Å². The molecule has 0 aliphatic heterocycles. The van der Waals surface area contributed by atoms with Crippen LogP contribution in [-0.2, 0) is 18.7 Å². The van der Waals surface area contributed by atoms with Crippen LogP contribution in [0.15, 0.2) is 33.7 Å². The highest BCUT2D eigenvalue weighted by molar-refractivity contribution is 7.98. The van der Waals surface area contributed by atoms with Gasteiger partial charge in [-0.25, -0.2) is 0 Å². The molecule has 0 amide bonds. The van der Waals surface area contributed by atoms with Crippen molar-refractivity contribution in [2.24, 2.45) is 0 Å². The molecular formula is C14H19N3OS. The number of aryl methyl sites for hydroxylation is 1. The minimum atomic E-state index is 0.705. The zero-order valence-corrected chi connectivity index (χ0v) is 12.2. The van der Waals surface area contributed by atoms with E-state index in [1.165, 1.54) is 10.5 Å². The first-order valence-corrected chi connectivity index (χ1v) is 7.54. The topological polar surface area (TPSA) is 51.0 Å². The second kappa shape index (κ2) is 7.31. The highest BCUT2D eigenvalue weighted by Gasteiger charge is 2.04.